The first-order valence-corrected chi connectivity index (χ1v) is 22.1. The first-order chi connectivity index (χ1) is 24.3. The summed E-state index contributed by atoms with van der Waals surface area (Å²) >= 11 is 0. The molecule has 49 heavy (non-hydrogen) atoms. The van der Waals surface area contributed by atoms with Gasteiger partial charge < -0.3 is 9.47 Å². The van der Waals surface area contributed by atoms with Crippen molar-refractivity contribution in [1.82, 2.24) is 0 Å². The van der Waals surface area contributed by atoms with Gasteiger partial charge >= 0.3 is 0 Å². The van der Waals surface area contributed by atoms with Crippen LogP contribution in [0.3, 0.4) is 0 Å². The molecule has 1 saturated heterocycles. The molecule has 0 spiro atoms. The second kappa shape index (κ2) is 43.0. The summed E-state index contributed by atoms with van der Waals surface area (Å²) in [6, 6.07) is 0. The van der Waals surface area contributed by atoms with Crippen LogP contribution >= 0.6 is 0 Å². The third-order valence-electron chi connectivity index (χ3n) is 9.38. The zero-order valence-electron chi connectivity index (χ0n) is 34.7. The van der Waals surface area contributed by atoms with Crippen molar-refractivity contribution in [2.75, 3.05) is 13.2 Å². The molecule has 0 aromatic rings. The molecule has 0 aromatic heterocycles. The lowest BCUT2D eigenvalue weighted by atomic mass is 9.96. The first kappa shape index (κ1) is 50.0. The number of rotatable bonds is 32. The maximum absolute atomic E-state index is 6.53. The van der Waals surface area contributed by atoms with Crippen molar-refractivity contribution in [3.8, 4) is 0 Å². The second-order valence-electron chi connectivity index (χ2n) is 13.9. The van der Waals surface area contributed by atoms with E-state index in [1.807, 2.05) is 27.7 Å². The average Bonchev–Trinajstić information content (AvgIpc) is 3.14. The molecular weight excluding hydrogens is 597 g/mol. The molecule has 1 aliphatic heterocycles. The molecule has 0 unspecified atom stereocenters. The monoisotopic (exact) mass is 687 g/mol. The highest BCUT2D eigenvalue weighted by atomic mass is 16.7. The topological polar surface area (TPSA) is 18.5 Å². The van der Waals surface area contributed by atoms with Crippen molar-refractivity contribution in [3.63, 3.8) is 0 Å². The van der Waals surface area contributed by atoms with Gasteiger partial charge in [0, 0.05) is 18.8 Å². The van der Waals surface area contributed by atoms with Gasteiger partial charge in [-0.1, -0.05) is 181 Å². The molecule has 0 saturated carbocycles. The lowest BCUT2D eigenvalue weighted by Gasteiger charge is -2.40. The predicted octanol–water partition coefficient (Wildman–Crippen LogP) is 16.6. The predicted molar refractivity (Wildman–Crippen MR) is 224 cm³/mol. The molecule has 0 bridgehead atoms. The van der Waals surface area contributed by atoms with Crippen LogP contribution < -0.4 is 0 Å². The molecule has 0 aliphatic carbocycles. The van der Waals surface area contributed by atoms with Gasteiger partial charge in [-0.3, -0.25) is 0 Å². The maximum atomic E-state index is 6.53. The fourth-order valence-electron chi connectivity index (χ4n) is 6.38. The van der Waals surface area contributed by atoms with Gasteiger partial charge in [0.1, 0.15) is 0 Å². The molecule has 1 rings (SSSR count). The largest absolute Gasteiger partial charge is 0.350 e. The van der Waals surface area contributed by atoms with Gasteiger partial charge in [-0.25, -0.2) is 0 Å². The Morgan fingerprint density at radius 2 is 0.735 bits per heavy atom. The van der Waals surface area contributed by atoms with E-state index >= 15 is 0 Å². The summed E-state index contributed by atoms with van der Waals surface area (Å²) in [5.41, 5.74) is 0. The third-order valence-corrected chi connectivity index (χ3v) is 9.38. The van der Waals surface area contributed by atoms with Crippen LogP contribution in [0, 0.1) is 5.92 Å². The van der Waals surface area contributed by atoms with Gasteiger partial charge in [0.15, 0.2) is 5.79 Å². The smallest absolute Gasteiger partial charge is 0.168 e. The average molecular weight is 687 g/mol. The van der Waals surface area contributed by atoms with Crippen molar-refractivity contribution >= 4 is 0 Å². The Balaban J connectivity index is 0. The minimum absolute atomic E-state index is 0.297. The summed E-state index contributed by atoms with van der Waals surface area (Å²) in [6.45, 7) is 16.6. The molecule has 1 fully saturated rings. The van der Waals surface area contributed by atoms with E-state index in [4.69, 9.17) is 9.47 Å². The molecule has 2 nitrogen and oxygen atoms in total. The highest BCUT2D eigenvalue weighted by molar-refractivity contribution is 4.93. The third kappa shape index (κ3) is 35.1. The van der Waals surface area contributed by atoms with E-state index in [0.29, 0.717) is 5.92 Å². The quantitative estimate of drug-likeness (QED) is 0.0518. The summed E-state index contributed by atoms with van der Waals surface area (Å²) in [5.74, 6) is 0.296. The van der Waals surface area contributed by atoms with E-state index in [1.165, 1.54) is 154 Å². The van der Waals surface area contributed by atoms with Gasteiger partial charge in [-0.05, 0) is 83.5 Å². The van der Waals surface area contributed by atoms with Crippen molar-refractivity contribution in [3.05, 3.63) is 48.6 Å². The van der Waals surface area contributed by atoms with Crippen LogP contribution in [-0.2, 0) is 9.47 Å². The minimum Gasteiger partial charge on any atom is -0.350 e. The van der Waals surface area contributed by atoms with Crippen molar-refractivity contribution < 1.29 is 9.47 Å². The zero-order valence-corrected chi connectivity index (χ0v) is 34.7. The normalized spacial score (nSPS) is 14.9. The Morgan fingerprint density at radius 1 is 0.408 bits per heavy atom. The maximum Gasteiger partial charge on any atom is 0.168 e. The summed E-state index contributed by atoms with van der Waals surface area (Å²) in [4.78, 5) is 0. The number of hydrogen-bond donors (Lipinski definition) is 0. The molecule has 1 aliphatic rings. The van der Waals surface area contributed by atoms with E-state index in [1.54, 1.807) is 0 Å². The van der Waals surface area contributed by atoms with Crippen LogP contribution in [0.15, 0.2) is 48.6 Å². The number of allylic oxidation sites excluding steroid dienone is 8. The molecule has 0 amide bonds. The minimum atomic E-state index is -0.297. The Kier molecular flexibility index (Phi) is 43.9. The van der Waals surface area contributed by atoms with E-state index in [-0.39, 0.29) is 5.79 Å². The van der Waals surface area contributed by atoms with Crippen LogP contribution in [0.4, 0.5) is 0 Å². The van der Waals surface area contributed by atoms with Crippen molar-refractivity contribution in [1.29, 1.82) is 0 Å². The van der Waals surface area contributed by atoms with E-state index < -0.39 is 0 Å². The highest BCUT2D eigenvalue weighted by Gasteiger charge is 2.36. The van der Waals surface area contributed by atoms with Crippen LogP contribution in [0.5, 0.6) is 0 Å². The molecule has 0 atom stereocenters. The van der Waals surface area contributed by atoms with Gasteiger partial charge in [-0.2, -0.15) is 0 Å². The number of hydrogen-bond acceptors (Lipinski definition) is 2. The fraction of sp³-hybridized carbons (Fsp3) is 0.830. The van der Waals surface area contributed by atoms with E-state index in [9.17, 15) is 0 Å². The molecule has 1 heterocycles. The molecule has 0 aromatic carbocycles. The molecule has 0 radical (unpaired) electrons. The van der Waals surface area contributed by atoms with Gasteiger partial charge in [-0.15, -0.1) is 0 Å². The summed E-state index contributed by atoms with van der Waals surface area (Å²) in [5, 5.41) is 0. The Bertz CT molecular complexity index is 660. The lowest BCUT2D eigenvalue weighted by molar-refractivity contribution is -0.290. The van der Waals surface area contributed by atoms with Crippen LogP contribution in [0.25, 0.3) is 0 Å². The molecular formula is C47H90O2. The van der Waals surface area contributed by atoms with Crippen molar-refractivity contribution in [2.45, 2.75) is 234 Å². The summed E-state index contributed by atoms with van der Waals surface area (Å²) in [6.07, 6.45) is 54.6. The van der Waals surface area contributed by atoms with Crippen molar-refractivity contribution in [2.24, 2.45) is 5.92 Å². The van der Waals surface area contributed by atoms with E-state index in [2.05, 4.69) is 69.4 Å². The van der Waals surface area contributed by atoms with Crippen LogP contribution in [-0.4, -0.2) is 19.0 Å². The lowest BCUT2D eigenvalue weighted by Crippen LogP contribution is -2.44. The van der Waals surface area contributed by atoms with Gasteiger partial charge in [0.05, 0.1) is 13.2 Å². The van der Waals surface area contributed by atoms with E-state index in [0.717, 1.165) is 38.9 Å². The highest BCUT2D eigenvalue weighted by Crippen LogP contribution is 2.34. The van der Waals surface area contributed by atoms with Crippen LogP contribution in [0.2, 0.25) is 0 Å². The number of ether oxygens (including phenoxy) is 2. The Morgan fingerprint density at radius 3 is 1.08 bits per heavy atom. The van der Waals surface area contributed by atoms with Crippen LogP contribution in [0.1, 0.15) is 228 Å². The zero-order chi connectivity index (χ0) is 36.4. The molecule has 0 N–H and O–H groups in total. The van der Waals surface area contributed by atoms with Gasteiger partial charge in [0.2, 0.25) is 0 Å². The van der Waals surface area contributed by atoms with Gasteiger partial charge in [0.25, 0.3) is 0 Å². The SMILES string of the molecule is CC.CC.CCCCC/C=C\C/C=C\CCCCCCCCC1(CCCCCCCC/C=C\C/C=C\CCCCC)OCC(CCC)CO1. The fourth-order valence-corrected chi connectivity index (χ4v) is 6.38. The standard InChI is InChI=1S/C43H78O2.2C2H6/c1-4-7-9-11-13-15-17-19-21-23-25-27-29-31-33-35-38-43(44-40-42(37-6-3)41-45-43)39-36-34-32-30-28-26-24-22-20-18-16-14-12-10-8-5-2;2*1-2/h13-16,19-22,42H,4-12,17-18,23-41H2,1-3H3;2*1-2H3/b15-13-,16-14-,21-19-,22-20-;;. The molecule has 290 valence electrons. The Labute approximate surface area is 310 Å². The number of unbranched alkanes of at least 4 members (excludes halogenated alkanes) is 18. The summed E-state index contributed by atoms with van der Waals surface area (Å²) in [7, 11) is 0. The first-order valence-electron chi connectivity index (χ1n) is 22.1. The Hall–Kier alpha value is -1.12. The second-order valence-corrected chi connectivity index (χ2v) is 13.9. The summed E-state index contributed by atoms with van der Waals surface area (Å²) < 4.78 is 13.1. The molecule has 2 heteroatoms.